The predicted octanol–water partition coefficient (Wildman–Crippen LogP) is 2.05. The van der Waals surface area contributed by atoms with Crippen molar-refractivity contribution in [2.24, 2.45) is 5.84 Å². The number of methoxy groups -OCH3 is 1. The summed E-state index contributed by atoms with van der Waals surface area (Å²) in [4.78, 5) is 8.17. The van der Waals surface area contributed by atoms with Crippen molar-refractivity contribution in [3.05, 3.63) is 41.6 Å². The van der Waals surface area contributed by atoms with Crippen molar-refractivity contribution in [2.75, 3.05) is 19.1 Å². The molecule has 1 aromatic carbocycles. The number of anilines is 1. The Labute approximate surface area is 117 Å². The van der Waals surface area contributed by atoms with Crippen LogP contribution in [-0.2, 0) is 11.2 Å². The Morgan fingerprint density at radius 1 is 1.25 bits per heavy atom. The molecule has 106 valence electrons. The molecule has 2 aromatic rings. The zero-order chi connectivity index (χ0) is 14.4. The van der Waals surface area contributed by atoms with Crippen molar-refractivity contribution < 1.29 is 9.47 Å². The van der Waals surface area contributed by atoms with Crippen LogP contribution < -0.4 is 16.0 Å². The highest BCUT2D eigenvalue weighted by atomic mass is 16.5. The number of hydrogen-bond acceptors (Lipinski definition) is 6. The van der Waals surface area contributed by atoms with E-state index >= 15 is 0 Å². The fraction of sp³-hybridized carbons (Fsp3) is 0.286. The molecule has 0 aliphatic rings. The molecule has 0 unspecified atom stereocenters. The summed E-state index contributed by atoms with van der Waals surface area (Å²) in [5, 5.41) is 0. The molecule has 20 heavy (non-hydrogen) atoms. The van der Waals surface area contributed by atoms with Gasteiger partial charge in [0.1, 0.15) is 5.75 Å². The molecule has 6 nitrogen and oxygen atoms in total. The minimum atomic E-state index is 0.322. The number of aromatic nitrogens is 2. The minimum Gasteiger partial charge on any atom is -0.439 e. The van der Waals surface area contributed by atoms with Crippen LogP contribution >= 0.6 is 0 Å². The molecule has 1 aromatic heterocycles. The van der Waals surface area contributed by atoms with E-state index in [-0.39, 0.29) is 0 Å². The first-order valence-corrected chi connectivity index (χ1v) is 6.29. The maximum absolute atomic E-state index is 5.73. The summed E-state index contributed by atoms with van der Waals surface area (Å²) >= 11 is 0. The molecular formula is C14H18N4O2. The lowest BCUT2D eigenvalue weighted by Crippen LogP contribution is -2.11. The molecule has 0 spiro atoms. The normalized spacial score (nSPS) is 10.3. The third-order valence-corrected chi connectivity index (χ3v) is 2.79. The van der Waals surface area contributed by atoms with E-state index in [2.05, 4.69) is 15.4 Å². The first-order chi connectivity index (χ1) is 9.72. The Morgan fingerprint density at radius 3 is 2.65 bits per heavy atom. The highest BCUT2D eigenvalue weighted by molar-refractivity contribution is 5.36. The predicted molar refractivity (Wildman–Crippen MR) is 76.7 cm³/mol. The molecule has 0 aliphatic heterocycles. The fourth-order valence-corrected chi connectivity index (χ4v) is 1.65. The average molecular weight is 274 g/mol. The smallest absolute Gasteiger partial charge is 0.240 e. The summed E-state index contributed by atoms with van der Waals surface area (Å²) in [6.07, 6.45) is 2.54. The highest BCUT2D eigenvalue weighted by Crippen LogP contribution is 2.23. The van der Waals surface area contributed by atoms with Crippen molar-refractivity contribution in [1.82, 2.24) is 9.97 Å². The quantitative estimate of drug-likeness (QED) is 0.619. The molecule has 0 fully saturated rings. The summed E-state index contributed by atoms with van der Waals surface area (Å²) in [6, 6.07) is 7.82. The summed E-state index contributed by atoms with van der Waals surface area (Å²) < 4.78 is 10.8. The van der Waals surface area contributed by atoms with Gasteiger partial charge in [0, 0.05) is 18.9 Å². The lowest BCUT2D eigenvalue weighted by molar-refractivity contribution is 0.202. The second-order valence-electron chi connectivity index (χ2n) is 4.31. The maximum Gasteiger partial charge on any atom is 0.240 e. The van der Waals surface area contributed by atoms with Crippen LogP contribution in [0.2, 0.25) is 0 Å². The Bertz CT molecular complexity index is 558. The third kappa shape index (κ3) is 3.66. The fourth-order valence-electron chi connectivity index (χ4n) is 1.65. The van der Waals surface area contributed by atoms with Gasteiger partial charge in [0.2, 0.25) is 11.8 Å². The Balaban J connectivity index is 2.09. The van der Waals surface area contributed by atoms with Crippen molar-refractivity contribution in [3.63, 3.8) is 0 Å². The molecule has 0 saturated carbocycles. The van der Waals surface area contributed by atoms with E-state index in [9.17, 15) is 0 Å². The van der Waals surface area contributed by atoms with E-state index in [1.54, 1.807) is 13.3 Å². The lowest BCUT2D eigenvalue weighted by atomic mass is 10.1. The monoisotopic (exact) mass is 274 g/mol. The number of rotatable bonds is 6. The van der Waals surface area contributed by atoms with Crippen LogP contribution in [-0.4, -0.2) is 23.7 Å². The topological polar surface area (TPSA) is 82.3 Å². The van der Waals surface area contributed by atoms with Gasteiger partial charge in [-0.1, -0.05) is 12.1 Å². The minimum absolute atomic E-state index is 0.322. The molecule has 0 aliphatic carbocycles. The zero-order valence-electron chi connectivity index (χ0n) is 11.6. The molecule has 3 N–H and O–H groups in total. The van der Waals surface area contributed by atoms with E-state index in [1.807, 2.05) is 31.2 Å². The van der Waals surface area contributed by atoms with Gasteiger partial charge in [-0.2, -0.15) is 4.98 Å². The van der Waals surface area contributed by atoms with Crippen LogP contribution in [0.15, 0.2) is 30.5 Å². The summed E-state index contributed by atoms with van der Waals surface area (Å²) in [6.45, 7) is 2.58. The molecule has 0 radical (unpaired) electrons. The number of aryl methyl sites for hydroxylation is 1. The first-order valence-electron chi connectivity index (χ1n) is 6.29. The second kappa shape index (κ2) is 6.83. The number of hydrogen-bond donors (Lipinski definition) is 2. The Hall–Kier alpha value is -2.18. The van der Waals surface area contributed by atoms with Crippen LogP contribution in [0.3, 0.4) is 0 Å². The van der Waals surface area contributed by atoms with Crippen LogP contribution in [0.25, 0.3) is 0 Å². The summed E-state index contributed by atoms with van der Waals surface area (Å²) in [5.74, 6) is 6.81. The molecule has 6 heteroatoms. The average Bonchev–Trinajstić information content (AvgIpc) is 2.49. The van der Waals surface area contributed by atoms with Crippen molar-refractivity contribution in [1.29, 1.82) is 0 Å². The highest BCUT2D eigenvalue weighted by Gasteiger charge is 2.06. The van der Waals surface area contributed by atoms with Gasteiger partial charge < -0.3 is 9.47 Å². The molecule has 1 heterocycles. The third-order valence-electron chi connectivity index (χ3n) is 2.79. The number of nitrogens with one attached hydrogen (secondary N) is 1. The van der Waals surface area contributed by atoms with Crippen molar-refractivity contribution in [2.45, 2.75) is 13.3 Å². The van der Waals surface area contributed by atoms with Crippen LogP contribution in [0, 0.1) is 6.92 Å². The number of benzene rings is 1. The van der Waals surface area contributed by atoms with Gasteiger partial charge in [-0.25, -0.2) is 10.8 Å². The van der Waals surface area contributed by atoms with Gasteiger partial charge in [0.05, 0.1) is 6.61 Å². The van der Waals surface area contributed by atoms with E-state index in [1.165, 1.54) is 5.56 Å². The van der Waals surface area contributed by atoms with Gasteiger partial charge in [0.15, 0.2) is 0 Å². The van der Waals surface area contributed by atoms with Crippen LogP contribution in [0.5, 0.6) is 11.6 Å². The SMILES string of the molecule is COCCc1ccc(Oc2nc(NN)ncc2C)cc1. The van der Waals surface area contributed by atoms with E-state index < -0.39 is 0 Å². The van der Waals surface area contributed by atoms with Gasteiger partial charge in [0.25, 0.3) is 0 Å². The van der Waals surface area contributed by atoms with Gasteiger partial charge in [-0.3, -0.25) is 5.43 Å². The van der Waals surface area contributed by atoms with Crippen molar-refractivity contribution >= 4 is 5.95 Å². The zero-order valence-corrected chi connectivity index (χ0v) is 11.6. The maximum atomic E-state index is 5.73. The molecule has 0 atom stereocenters. The van der Waals surface area contributed by atoms with E-state index in [0.29, 0.717) is 18.4 Å². The van der Waals surface area contributed by atoms with Gasteiger partial charge in [-0.05, 0) is 31.0 Å². The number of ether oxygens (including phenoxy) is 2. The molecule has 0 bridgehead atoms. The number of nitrogen functional groups attached to an aromatic ring is 1. The molecule has 0 amide bonds. The molecular weight excluding hydrogens is 256 g/mol. The second-order valence-corrected chi connectivity index (χ2v) is 4.31. The Morgan fingerprint density at radius 2 is 2.00 bits per heavy atom. The van der Waals surface area contributed by atoms with E-state index in [0.717, 1.165) is 17.7 Å². The van der Waals surface area contributed by atoms with Gasteiger partial charge >= 0.3 is 0 Å². The van der Waals surface area contributed by atoms with Gasteiger partial charge in [-0.15, -0.1) is 0 Å². The van der Waals surface area contributed by atoms with Crippen molar-refractivity contribution in [3.8, 4) is 11.6 Å². The molecule has 2 rings (SSSR count). The summed E-state index contributed by atoms with van der Waals surface area (Å²) in [5.41, 5.74) is 4.43. The standard InChI is InChI=1S/C14H18N4O2/c1-10-9-16-14(18-15)17-13(10)20-12-5-3-11(4-6-12)7-8-19-2/h3-6,9H,7-8,15H2,1-2H3,(H,16,17,18). The van der Waals surface area contributed by atoms with E-state index in [4.69, 9.17) is 15.3 Å². The first kappa shape index (κ1) is 14.2. The summed E-state index contributed by atoms with van der Waals surface area (Å²) in [7, 11) is 1.69. The number of hydrazine groups is 1. The Kier molecular flexibility index (Phi) is 4.86. The lowest BCUT2D eigenvalue weighted by Gasteiger charge is -2.09. The van der Waals surface area contributed by atoms with Crippen LogP contribution in [0.4, 0.5) is 5.95 Å². The van der Waals surface area contributed by atoms with Crippen LogP contribution in [0.1, 0.15) is 11.1 Å². The molecule has 0 saturated heterocycles. The largest absolute Gasteiger partial charge is 0.439 e. The number of nitrogens with zero attached hydrogens (tertiary/aromatic N) is 2. The number of nitrogens with two attached hydrogens (primary N) is 1.